The molecule has 2 rings (SSSR count). The van der Waals surface area contributed by atoms with Crippen LogP contribution in [0.1, 0.15) is 23.7 Å². The summed E-state index contributed by atoms with van der Waals surface area (Å²) in [5, 5.41) is 3.43. The lowest BCUT2D eigenvalue weighted by Crippen LogP contribution is -2.20. The van der Waals surface area contributed by atoms with Gasteiger partial charge in [0.15, 0.2) is 0 Å². The number of aromatic nitrogens is 3. The summed E-state index contributed by atoms with van der Waals surface area (Å²) in [5.74, 6) is 1.03. The van der Waals surface area contributed by atoms with Gasteiger partial charge in [-0.3, -0.25) is 4.98 Å². The molecule has 2 aromatic heterocycles. The molecule has 5 heteroatoms. The minimum absolute atomic E-state index is 0.368. The fraction of sp³-hybridized carbons (Fsp3) is 0.400. The molecule has 0 aliphatic carbocycles. The van der Waals surface area contributed by atoms with Crippen LogP contribution in [-0.4, -0.2) is 21.5 Å². The van der Waals surface area contributed by atoms with E-state index in [-0.39, 0.29) is 0 Å². The SMILES string of the molecule is CC(NCCc1ncc[nH]1)c1cncs1. The van der Waals surface area contributed by atoms with Crippen molar-refractivity contribution < 1.29 is 0 Å². The molecule has 0 aliphatic heterocycles. The number of imidazole rings is 1. The zero-order valence-electron chi connectivity index (χ0n) is 8.60. The zero-order chi connectivity index (χ0) is 10.5. The third-order valence-electron chi connectivity index (χ3n) is 2.25. The lowest BCUT2D eigenvalue weighted by atomic mass is 10.3. The van der Waals surface area contributed by atoms with Gasteiger partial charge < -0.3 is 10.3 Å². The van der Waals surface area contributed by atoms with Gasteiger partial charge in [0, 0.05) is 42.5 Å². The number of rotatable bonds is 5. The topological polar surface area (TPSA) is 53.6 Å². The number of H-pyrrole nitrogens is 1. The van der Waals surface area contributed by atoms with Crippen LogP contribution < -0.4 is 5.32 Å². The molecule has 0 aromatic carbocycles. The van der Waals surface area contributed by atoms with Gasteiger partial charge in [-0.2, -0.15) is 0 Å². The molecule has 0 saturated carbocycles. The molecule has 4 nitrogen and oxygen atoms in total. The van der Waals surface area contributed by atoms with Gasteiger partial charge in [-0.05, 0) is 6.92 Å². The minimum Gasteiger partial charge on any atom is -0.349 e. The van der Waals surface area contributed by atoms with Crippen molar-refractivity contribution in [1.82, 2.24) is 20.3 Å². The molecule has 2 heterocycles. The lowest BCUT2D eigenvalue weighted by molar-refractivity contribution is 0.578. The second kappa shape index (κ2) is 5.04. The van der Waals surface area contributed by atoms with Crippen molar-refractivity contribution in [2.75, 3.05) is 6.54 Å². The van der Waals surface area contributed by atoms with E-state index in [0.29, 0.717) is 6.04 Å². The van der Waals surface area contributed by atoms with E-state index in [1.54, 1.807) is 17.5 Å². The Balaban J connectivity index is 1.74. The van der Waals surface area contributed by atoms with Crippen LogP contribution in [0.3, 0.4) is 0 Å². The highest BCUT2D eigenvalue weighted by Crippen LogP contribution is 2.15. The second-order valence-electron chi connectivity index (χ2n) is 3.37. The van der Waals surface area contributed by atoms with Crippen LogP contribution in [0, 0.1) is 0 Å². The summed E-state index contributed by atoms with van der Waals surface area (Å²) in [6.07, 6.45) is 6.47. The van der Waals surface area contributed by atoms with E-state index in [4.69, 9.17) is 0 Å². The predicted molar refractivity (Wildman–Crippen MR) is 60.8 cm³/mol. The number of thiazole rings is 1. The van der Waals surface area contributed by atoms with E-state index in [2.05, 4.69) is 27.2 Å². The van der Waals surface area contributed by atoms with Gasteiger partial charge >= 0.3 is 0 Å². The molecule has 0 saturated heterocycles. The largest absolute Gasteiger partial charge is 0.349 e. The van der Waals surface area contributed by atoms with E-state index >= 15 is 0 Å². The maximum absolute atomic E-state index is 4.17. The summed E-state index contributed by atoms with van der Waals surface area (Å²) in [4.78, 5) is 12.6. The van der Waals surface area contributed by atoms with Crippen molar-refractivity contribution in [2.45, 2.75) is 19.4 Å². The fourth-order valence-corrected chi connectivity index (χ4v) is 2.03. The van der Waals surface area contributed by atoms with Crippen LogP contribution in [0.5, 0.6) is 0 Å². The van der Waals surface area contributed by atoms with Gasteiger partial charge in [0.1, 0.15) is 5.82 Å². The summed E-state index contributed by atoms with van der Waals surface area (Å²) in [6.45, 7) is 3.07. The number of hydrogen-bond donors (Lipinski definition) is 2. The van der Waals surface area contributed by atoms with Gasteiger partial charge in [0.05, 0.1) is 5.51 Å². The van der Waals surface area contributed by atoms with Crippen molar-refractivity contribution in [3.63, 3.8) is 0 Å². The van der Waals surface area contributed by atoms with E-state index in [9.17, 15) is 0 Å². The highest BCUT2D eigenvalue weighted by molar-refractivity contribution is 7.09. The Hall–Kier alpha value is -1.20. The molecule has 0 fully saturated rings. The van der Waals surface area contributed by atoms with E-state index < -0.39 is 0 Å². The lowest BCUT2D eigenvalue weighted by Gasteiger charge is -2.10. The molecule has 0 bridgehead atoms. The molecule has 15 heavy (non-hydrogen) atoms. The monoisotopic (exact) mass is 222 g/mol. The third kappa shape index (κ3) is 2.87. The predicted octanol–water partition coefficient (Wildman–Crippen LogP) is 1.76. The summed E-state index contributed by atoms with van der Waals surface area (Å²) < 4.78 is 0. The molecular weight excluding hydrogens is 208 g/mol. The van der Waals surface area contributed by atoms with Crippen LogP contribution >= 0.6 is 11.3 Å². The maximum Gasteiger partial charge on any atom is 0.107 e. The first-order chi connectivity index (χ1) is 7.36. The summed E-state index contributed by atoms with van der Waals surface area (Å²) in [7, 11) is 0. The first kappa shape index (κ1) is 10.3. The number of aromatic amines is 1. The maximum atomic E-state index is 4.17. The smallest absolute Gasteiger partial charge is 0.107 e. The van der Waals surface area contributed by atoms with Crippen LogP contribution in [0.15, 0.2) is 24.1 Å². The van der Waals surface area contributed by atoms with Gasteiger partial charge in [0.25, 0.3) is 0 Å². The molecule has 80 valence electrons. The van der Waals surface area contributed by atoms with E-state index in [1.165, 1.54) is 4.88 Å². The fourth-order valence-electron chi connectivity index (χ4n) is 1.38. The van der Waals surface area contributed by atoms with E-state index in [0.717, 1.165) is 18.8 Å². The number of nitrogens with one attached hydrogen (secondary N) is 2. The number of hydrogen-bond acceptors (Lipinski definition) is 4. The number of nitrogens with zero attached hydrogens (tertiary/aromatic N) is 2. The molecule has 1 unspecified atom stereocenters. The van der Waals surface area contributed by atoms with Gasteiger partial charge in [-0.15, -0.1) is 11.3 Å². The zero-order valence-corrected chi connectivity index (χ0v) is 9.42. The standard InChI is InChI=1S/C10H14N4S/c1-8(9-6-11-7-15-9)12-3-2-10-13-4-5-14-10/h4-8,12H,2-3H2,1H3,(H,13,14). The van der Waals surface area contributed by atoms with Crippen LogP contribution in [-0.2, 0) is 6.42 Å². The highest BCUT2D eigenvalue weighted by Gasteiger charge is 2.05. The molecule has 2 aromatic rings. The quantitative estimate of drug-likeness (QED) is 0.810. The molecule has 1 atom stereocenters. The summed E-state index contributed by atoms with van der Waals surface area (Å²) in [6, 6.07) is 0.368. The summed E-state index contributed by atoms with van der Waals surface area (Å²) in [5.41, 5.74) is 1.86. The first-order valence-electron chi connectivity index (χ1n) is 4.96. The van der Waals surface area contributed by atoms with Crippen molar-refractivity contribution in [1.29, 1.82) is 0 Å². The van der Waals surface area contributed by atoms with Crippen molar-refractivity contribution >= 4 is 11.3 Å². The third-order valence-corrected chi connectivity index (χ3v) is 3.20. The Morgan fingerprint density at radius 2 is 2.53 bits per heavy atom. The Labute approximate surface area is 92.8 Å². The Morgan fingerprint density at radius 3 is 3.20 bits per heavy atom. The normalized spacial score (nSPS) is 12.9. The first-order valence-corrected chi connectivity index (χ1v) is 5.84. The van der Waals surface area contributed by atoms with Crippen LogP contribution in [0.25, 0.3) is 0 Å². The molecule has 0 amide bonds. The average Bonchev–Trinajstić information content (AvgIpc) is 2.90. The molecule has 0 radical (unpaired) electrons. The Kier molecular flexibility index (Phi) is 3.47. The highest BCUT2D eigenvalue weighted by atomic mass is 32.1. The second-order valence-corrected chi connectivity index (χ2v) is 4.28. The molecule has 0 spiro atoms. The minimum atomic E-state index is 0.368. The molecular formula is C10H14N4S. The van der Waals surface area contributed by atoms with Crippen molar-refractivity contribution in [3.8, 4) is 0 Å². The molecule has 0 aliphatic rings. The average molecular weight is 222 g/mol. The van der Waals surface area contributed by atoms with Gasteiger partial charge in [0.2, 0.25) is 0 Å². The van der Waals surface area contributed by atoms with Crippen LogP contribution in [0.4, 0.5) is 0 Å². The van der Waals surface area contributed by atoms with E-state index in [1.807, 2.05) is 17.9 Å². The van der Waals surface area contributed by atoms with Crippen molar-refractivity contribution in [2.24, 2.45) is 0 Å². The molecule has 2 N–H and O–H groups in total. The van der Waals surface area contributed by atoms with Gasteiger partial charge in [-0.1, -0.05) is 0 Å². The Bertz CT molecular complexity index is 368. The summed E-state index contributed by atoms with van der Waals surface area (Å²) >= 11 is 1.68. The van der Waals surface area contributed by atoms with Crippen molar-refractivity contribution in [3.05, 3.63) is 34.8 Å². The Morgan fingerprint density at radius 1 is 1.60 bits per heavy atom. The van der Waals surface area contributed by atoms with Crippen LogP contribution in [0.2, 0.25) is 0 Å². The van der Waals surface area contributed by atoms with Gasteiger partial charge in [-0.25, -0.2) is 4.98 Å².